The quantitative estimate of drug-likeness (QED) is 0.279. The summed E-state index contributed by atoms with van der Waals surface area (Å²) >= 11 is 1.48. The lowest BCUT2D eigenvalue weighted by molar-refractivity contribution is 0.0985. The average Bonchev–Trinajstić information content (AvgIpc) is 3.36. The Kier molecular flexibility index (Phi) is 7.61. The second kappa shape index (κ2) is 10.9. The van der Waals surface area contributed by atoms with Crippen LogP contribution in [0.25, 0.3) is 10.2 Å². The van der Waals surface area contributed by atoms with Crippen molar-refractivity contribution in [2.45, 2.75) is 51.0 Å². The number of sulfonamides is 1. The maximum atomic E-state index is 13.9. The number of hydrogen-bond donors (Lipinski definition) is 0. The fraction of sp³-hybridized carbons (Fsp3) is 0.345. The molecule has 1 fully saturated rings. The summed E-state index contributed by atoms with van der Waals surface area (Å²) in [5, 5.41) is 0.598. The average molecular weight is 549 g/mol. The number of carbonyl (C=O) groups is 1. The van der Waals surface area contributed by atoms with E-state index >= 15 is 0 Å². The van der Waals surface area contributed by atoms with Gasteiger partial charge in [0.2, 0.25) is 10.0 Å². The summed E-state index contributed by atoms with van der Waals surface area (Å²) in [4.78, 5) is 24.8. The molecule has 0 N–H and O–H groups in total. The fourth-order valence-electron chi connectivity index (χ4n) is 4.74. The zero-order chi connectivity index (χ0) is 26.9. The number of nitrogens with zero attached hydrogens (tertiary/aromatic N) is 4. The van der Waals surface area contributed by atoms with Gasteiger partial charge >= 0.3 is 0 Å². The third-order valence-corrected chi connectivity index (χ3v) is 10.0. The molecule has 1 saturated heterocycles. The van der Waals surface area contributed by atoms with E-state index in [9.17, 15) is 13.2 Å². The van der Waals surface area contributed by atoms with Gasteiger partial charge in [0, 0.05) is 31.0 Å². The molecule has 0 saturated carbocycles. The van der Waals surface area contributed by atoms with Crippen molar-refractivity contribution in [1.82, 2.24) is 14.3 Å². The molecule has 2 aromatic carbocycles. The third-order valence-electron chi connectivity index (χ3n) is 7.08. The maximum absolute atomic E-state index is 13.9. The van der Waals surface area contributed by atoms with Gasteiger partial charge in [0.05, 0.1) is 21.7 Å². The van der Waals surface area contributed by atoms with Crippen molar-refractivity contribution < 1.29 is 13.2 Å². The van der Waals surface area contributed by atoms with E-state index in [1.54, 1.807) is 33.7 Å². The lowest BCUT2D eigenvalue weighted by atomic mass is 10.0. The van der Waals surface area contributed by atoms with E-state index in [-0.39, 0.29) is 10.8 Å². The van der Waals surface area contributed by atoms with E-state index in [1.165, 1.54) is 23.5 Å². The van der Waals surface area contributed by atoms with Crippen molar-refractivity contribution in [3.63, 3.8) is 0 Å². The first-order valence-electron chi connectivity index (χ1n) is 12.9. The van der Waals surface area contributed by atoms with Crippen LogP contribution >= 0.6 is 11.3 Å². The number of para-hydroxylation sites is 1. The summed E-state index contributed by atoms with van der Waals surface area (Å²) in [6.45, 7) is 7.77. The van der Waals surface area contributed by atoms with Gasteiger partial charge in [-0.15, -0.1) is 0 Å². The van der Waals surface area contributed by atoms with Crippen LogP contribution in [-0.2, 0) is 16.6 Å². The van der Waals surface area contributed by atoms with Crippen LogP contribution in [0.5, 0.6) is 0 Å². The lowest BCUT2D eigenvalue weighted by Gasteiger charge is -2.29. The molecule has 5 rings (SSSR count). The van der Waals surface area contributed by atoms with Crippen molar-refractivity contribution in [2.24, 2.45) is 5.92 Å². The topological polar surface area (TPSA) is 83.5 Å². The molecule has 0 aliphatic carbocycles. The molecule has 1 aliphatic rings. The Labute approximate surface area is 228 Å². The molecule has 0 atom stereocenters. The van der Waals surface area contributed by atoms with Gasteiger partial charge in [0.25, 0.3) is 5.91 Å². The Bertz CT molecular complexity index is 1530. The first-order chi connectivity index (χ1) is 18.2. The Morgan fingerprint density at radius 3 is 2.47 bits per heavy atom. The molecule has 1 aliphatic heterocycles. The zero-order valence-electron chi connectivity index (χ0n) is 21.9. The highest BCUT2D eigenvalue weighted by molar-refractivity contribution is 7.89. The van der Waals surface area contributed by atoms with Crippen LogP contribution in [0.15, 0.2) is 71.9 Å². The van der Waals surface area contributed by atoms with E-state index in [2.05, 4.69) is 31.8 Å². The molecule has 2 aromatic heterocycles. The van der Waals surface area contributed by atoms with Gasteiger partial charge in [-0.05, 0) is 72.2 Å². The summed E-state index contributed by atoms with van der Waals surface area (Å²) in [5.41, 5.74) is 3.33. The minimum absolute atomic E-state index is 0.212. The number of pyridine rings is 1. The molecule has 9 heteroatoms. The standard InChI is InChI=1S/C29H32N4O3S2/c1-20(2)25-7-4-8-26-27(25)31-29(37-26)33(19-22-6-5-15-30-18-22)28(34)23-9-11-24(12-10-23)38(35,36)32-16-13-21(3)14-17-32/h4-12,15,18,20-21H,13-14,16-17,19H2,1-3H3. The molecule has 0 unspecified atom stereocenters. The number of amides is 1. The number of thiazole rings is 1. The second-order valence-electron chi connectivity index (χ2n) is 10.2. The number of aromatic nitrogens is 2. The number of rotatable bonds is 7. The van der Waals surface area contributed by atoms with Crippen LogP contribution in [0.1, 0.15) is 61.0 Å². The molecule has 38 heavy (non-hydrogen) atoms. The summed E-state index contributed by atoms with van der Waals surface area (Å²) in [6, 6.07) is 16.2. The Hall–Kier alpha value is -3.14. The highest BCUT2D eigenvalue weighted by atomic mass is 32.2. The second-order valence-corrected chi connectivity index (χ2v) is 13.2. The van der Waals surface area contributed by atoms with Crippen molar-refractivity contribution >= 4 is 42.6 Å². The van der Waals surface area contributed by atoms with E-state index in [4.69, 9.17) is 4.98 Å². The molecule has 0 bridgehead atoms. The van der Waals surface area contributed by atoms with E-state index < -0.39 is 10.0 Å². The molecule has 198 valence electrons. The predicted molar refractivity (Wildman–Crippen MR) is 152 cm³/mol. The van der Waals surface area contributed by atoms with Crippen LogP contribution in [0.3, 0.4) is 0 Å². The molecule has 3 heterocycles. The maximum Gasteiger partial charge on any atom is 0.260 e. The van der Waals surface area contributed by atoms with Crippen LogP contribution in [0.4, 0.5) is 5.13 Å². The van der Waals surface area contributed by atoms with Crippen molar-refractivity contribution in [3.8, 4) is 0 Å². The number of hydrogen-bond acceptors (Lipinski definition) is 6. The van der Waals surface area contributed by atoms with Crippen molar-refractivity contribution in [1.29, 1.82) is 0 Å². The minimum Gasteiger partial charge on any atom is -0.279 e. The number of piperidine rings is 1. The highest BCUT2D eigenvalue weighted by Crippen LogP contribution is 2.35. The number of fused-ring (bicyclic) bond motifs is 1. The molecule has 0 radical (unpaired) electrons. The third kappa shape index (κ3) is 5.36. The smallest absolute Gasteiger partial charge is 0.260 e. The van der Waals surface area contributed by atoms with Gasteiger partial charge in [0.15, 0.2) is 5.13 Å². The molecule has 4 aromatic rings. The van der Waals surface area contributed by atoms with Gasteiger partial charge in [-0.25, -0.2) is 13.4 Å². The van der Waals surface area contributed by atoms with E-state index in [0.29, 0.717) is 42.2 Å². The predicted octanol–water partition coefficient (Wildman–Crippen LogP) is 6.08. The largest absolute Gasteiger partial charge is 0.279 e. The normalized spacial score (nSPS) is 15.3. The monoisotopic (exact) mass is 548 g/mol. The molecule has 0 spiro atoms. The molecular weight excluding hydrogens is 516 g/mol. The number of benzene rings is 2. The minimum atomic E-state index is -3.59. The van der Waals surface area contributed by atoms with Gasteiger partial charge < -0.3 is 0 Å². The first-order valence-corrected chi connectivity index (χ1v) is 15.2. The van der Waals surface area contributed by atoms with Gasteiger partial charge in [-0.1, -0.05) is 50.3 Å². The van der Waals surface area contributed by atoms with Gasteiger partial charge in [0.1, 0.15) is 0 Å². The SMILES string of the molecule is CC1CCN(S(=O)(=O)c2ccc(C(=O)N(Cc3cccnc3)c3nc4c(C(C)C)cccc4s3)cc2)CC1. The van der Waals surface area contributed by atoms with Gasteiger partial charge in [-0.3, -0.25) is 14.7 Å². The van der Waals surface area contributed by atoms with Crippen LogP contribution in [0, 0.1) is 5.92 Å². The highest BCUT2D eigenvalue weighted by Gasteiger charge is 2.29. The Balaban J connectivity index is 1.47. The fourth-order valence-corrected chi connectivity index (χ4v) is 7.21. The summed E-state index contributed by atoms with van der Waals surface area (Å²) in [7, 11) is -3.59. The molecular formula is C29H32N4O3S2. The van der Waals surface area contributed by atoms with Crippen molar-refractivity contribution in [3.05, 3.63) is 83.7 Å². The van der Waals surface area contributed by atoms with E-state index in [1.807, 2.05) is 24.3 Å². The summed E-state index contributed by atoms with van der Waals surface area (Å²) < 4.78 is 28.9. The summed E-state index contributed by atoms with van der Waals surface area (Å²) in [5.74, 6) is 0.592. The van der Waals surface area contributed by atoms with Crippen LogP contribution < -0.4 is 4.90 Å². The first kappa shape index (κ1) is 26.5. The van der Waals surface area contributed by atoms with Crippen molar-refractivity contribution in [2.75, 3.05) is 18.0 Å². The van der Waals surface area contributed by atoms with Gasteiger partial charge in [-0.2, -0.15) is 4.31 Å². The number of anilines is 1. The zero-order valence-corrected chi connectivity index (χ0v) is 23.5. The Morgan fingerprint density at radius 2 is 1.82 bits per heavy atom. The summed E-state index contributed by atoms with van der Waals surface area (Å²) in [6.07, 6.45) is 5.16. The number of carbonyl (C=O) groups excluding carboxylic acids is 1. The molecule has 1 amide bonds. The van der Waals surface area contributed by atoms with Crippen LogP contribution in [-0.4, -0.2) is 41.7 Å². The molecule has 7 nitrogen and oxygen atoms in total. The Morgan fingerprint density at radius 1 is 1.08 bits per heavy atom. The van der Waals surface area contributed by atoms with E-state index in [0.717, 1.165) is 34.2 Å². The lowest BCUT2D eigenvalue weighted by Crippen LogP contribution is -2.37. The van der Waals surface area contributed by atoms with Crippen LogP contribution in [0.2, 0.25) is 0 Å².